The number of carbonyl (C=O) groups excluding carboxylic acids is 1. The van der Waals surface area contributed by atoms with Crippen molar-refractivity contribution in [2.75, 3.05) is 26.7 Å². The van der Waals surface area contributed by atoms with Crippen LogP contribution in [-0.2, 0) is 26.1 Å². The zero-order chi connectivity index (χ0) is 26.7. The van der Waals surface area contributed by atoms with E-state index in [9.17, 15) is 18.0 Å². The number of ether oxygens (including phenoxy) is 1. The van der Waals surface area contributed by atoms with E-state index >= 15 is 0 Å². The van der Waals surface area contributed by atoms with Gasteiger partial charge in [0.15, 0.2) is 0 Å². The fourth-order valence-corrected chi connectivity index (χ4v) is 6.50. The molecule has 1 aromatic heterocycles. The van der Waals surface area contributed by atoms with E-state index in [1.165, 1.54) is 7.11 Å². The predicted molar refractivity (Wildman–Crippen MR) is 142 cm³/mol. The van der Waals surface area contributed by atoms with E-state index < -0.39 is 10.0 Å². The van der Waals surface area contributed by atoms with Crippen LogP contribution in [0.5, 0.6) is 0 Å². The zero-order valence-electron chi connectivity index (χ0n) is 21.8. The van der Waals surface area contributed by atoms with Crippen LogP contribution in [0.4, 0.5) is 0 Å². The molecule has 1 saturated heterocycles. The zero-order valence-corrected chi connectivity index (χ0v) is 22.6. The average Bonchev–Trinajstić information content (AvgIpc) is 2.89. The van der Waals surface area contributed by atoms with E-state index in [0.29, 0.717) is 54.2 Å². The Morgan fingerprint density at radius 2 is 1.84 bits per heavy atom. The van der Waals surface area contributed by atoms with Gasteiger partial charge in [0, 0.05) is 38.6 Å². The minimum Gasteiger partial charge on any atom is -0.469 e. The fourth-order valence-electron chi connectivity index (χ4n) is 4.89. The topological polar surface area (TPSA) is 102 Å². The van der Waals surface area contributed by atoms with Gasteiger partial charge in [0.1, 0.15) is 5.82 Å². The number of piperazine rings is 1. The molecule has 10 heteroatoms. The lowest BCUT2D eigenvalue weighted by atomic mass is 10.1. The lowest BCUT2D eigenvalue weighted by Gasteiger charge is -2.41. The number of benzene rings is 2. The highest BCUT2D eigenvalue weighted by Gasteiger charge is 2.36. The number of aryl methyl sites for hydroxylation is 1. The molecule has 1 aliphatic heterocycles. The molecule has 9 nitrogen and oxygen atoms in total. The Morgan fingerprint density at radius 1 is 1.14 bits per heavy atom. The molecule has 4 rings (SSSR count). The highest BCUT2D eigenvalue weighted by molar-refractivity contribution is 7.89. The molecular formula is C27H34N4O5S. The maximum Gasteiger partial charge on any atom is 0.305 e. The van der Waals surface area contributed by atoms with Gasteiger partial charge in [-0.1, -0.05) is 29.8 Å². The third kappa shape index (κ3) is 5.61. The van der Waals surface area contributed by atoms with Gasteiger partial charge in [-0.2, -0.15) is 4.31 Å². The Balaban J connectivity index is 1.59. The Bertz CT molecular complexity index is 1440. The SMILES string of the molecule is COC(=O)CCCn1c(C(C)N2CCN(S(=O)(=O)c3ccc(C)cc3)C(C)C2)nc2ccccc2c1=O. The molecule has 1 fully saturated rings. The van der Waals surface area contributed by atoms with Gasteiger partial charge in [-0.05, 0) is 51.5 Å². The Kier molecular flexibility index (Phi) is 8.11. The van der Waals surface area contributed by atoms with Crippen LogP contribution in [0.3, 0.4) is 0 Å². The minimum absolute atomic E-state index is 0.147. The first-order valence-electron chi connectivity index (χ1n) is 12.5. The van der Waals surface area contributed by atoms with Crippen molar-refractivity contribution in [2.24, 2.45) is 0 Å². The van der Waals surface area contributed by atoms with Crippen LogP contribution in [0.25, 0.3) is 10.9 Å². The van der Waals surface area contributed by atoms with Crippen molar-refractivity contribution in [3.63, 3.8) is 0 Å². The van der Waals surface area contributed by atoms with Gasteiger partial charge in [-0.25, -0.2) is 13.4 Å². The van der Waals surface area contributed by atoms with Crippen molar-refractivity contribution in [3.8, 4) is 0 Å². The van der Waals surface area contributed by atoms with Gasteiger partial charge in [-0.3, -0.25) is 19.1 Å². The number of aromatic nitrogens is 2. The maximum absolute atomic E-state index is 13.4. The number of sulfonamides is 1. The Hall–Kier alpha value is -3.08. The molecule has 2 heterocycles. The van der Waals surface area contributed by atoms with E-state index in [2.05, 4.69) is 4.90 Å². The second kappa shape index (κ2) is 11.1. The lowest BCUT2D eigenvalue weighted by Crippen LogP contribution is -2.54. The Labute approximate surface area is 217 Å². The molecule has 1 aliphatic rings. The van der Waals surface area contributed by atoms with Crippen LogP contribution in [0, 0.1) is 6.92 Å². The number of hydrogen-bond acceptors (Lipinski definition) is 7. The first-order valence-corrected chi connectivity index (χ1v) is 14.0. The van der Waals surface area contributed by atoms with Crippen molar-refractivity contribution in [2.45, 2.75) is 57.1 Å². The summed E-state index contributed by atoms with van der Waals surface area (Å²) in [6.45, 7) is 7.49. The number of nitrogens with zero attached hydrogens (tertiary/aromatic N) is 4. The fraction of sp³-hybridized carbons (Fsp3) is 0.444. The molecular weight excluding hydrogens is 492 g/mol. The molecule has 3 aromatic rings. The molecule has 0 saturated carbocycles. The average molecular weight is 527 g/mol. The number of methoxy groups -OCH3 is 1. The minimum atomic E-state index is -3.62. The van der Waals surface area contributed by atoms with Crippen molar-refractivity contribution >= 4 is 26.9 Å². The van der Waals surface area contributed by atoms with Crippen LogP contribution in [0.15, 0.2) is 58.2 Å². The third-order valence-corrected chi connectivity index (χ3v) is 9.06. The summed E-state index contributed by atoms with van der Waals surface area (Å²) in [6, 6.07) is 13.7. The highest BCUT2D eigenvalue weighted by atomic mass is 32.2. The standard InChI is InChI=1S/C27H34N4O5S/c1-19-11-13-22(14-12-19)37(34,35)31-17-16-29(18-20(31)2)21(3)26-28-24-9-6-5-8-23(24)27(33)30(26)15-7-10-25(32)36-4/h5-6,8-9,11-14,20-21H,7,10,15-18H2,1-4H3. The monoisotopic (exact) mass is 526 g/mol. The summed E-state index contributed by atoms with van der Waals surface area (Å²) >= 11 is 0. The molecule has 198 valence electrons. The lowest BCUT2D eigenvalue weighted by molar-refractivity contribution is -0.140. The molecule has 0 amide bonds. The maximum atomic E-state index is 13.4. The number of carbonyl (C=O) groups is 1. The van der Waals surface area contributed by atoms with E-state index in [1.54, 1.807) is 39.2 Å². The van der Waals surface area contributed by atoms with Gasteiger partial charge in [0.25, 0.3) is 5.56 Å². The van der Waals surface area contributed by atoms with Crippen LogP contribution in [0.1, 0.15) is 44.1 Å². The van der Waals surface area contributed by atoms with E-state index in [1.807, 2.05) is 39.0 Å². The molecule has 0 N–H and O–H groups in total. The molecule has 0 radical (unpaired) electrons. The van der Waals surface area contributed by atoms with Gasteiger partial charge in [0.05, 0.1) is 29.0 Å². The first-order chi connectivity index (χ1) is 17.6. The normalized spacial score (nSPS) is 18.1. The van der Waals surface area contributed by atoms with Crippen molar-refractivity contribution in [1.29, 1.82) is 0 Å². The predicted octanol–water partition coefficient (Wildman–Crippen LogP) is 3.11. The summed E-state index contributed by atoms with van der Waals surface area (Å²) < 4.78 is 34.6. The number of para-hydroxylation sites is 1. The number of esters is 1. The summed E-state index contributed by atoms with van der Waals surface area (Å²) in [5.74, 6) is 0.284. The van der Waals surface area contributed by atoms with Gasteiger partial charge >= 0.3 is 5.97 Å². The number of rotatable bonds is 8. The van der Waals surface area contributed by atoms with E-state index in [0.717, 1.165) is 5.56 Å². The molecule has 37 heavy (non-hydrogen) atoms. The van der Waals surface area contributed by atoms with Crippen molar-refractivity contribution in [3.05, 3.63) is 70.3 Å². The summed E-state index contributed by atoms with van der Waals surface area (Å²) in [4.78, 5) is 32.4. The van der Waals surface area contributed by atoms with Gasteiger partial charge in [-0.15, -0.1) is 0 Å². The van der Waals surface area contributed by atoms with Gasteiger partial charge in [0.2, 0.25) is 10.0 Å². The van der Waals surface area contributed by atoms with Gasteiger partial charge < -0.3 is 4.74 Å². The smallest absolute Gasteiger partial charge is 0.305 e. The summed E-state index contributed by atoms with van der Waals surface area (Å²) in [5, 5.41) is 0.527. The largest absolute Gasteiger partial charge is 0.469 e. The second-order valence-electron chi connectivity index (χ2n) is 9.57. The highest BCUT2D eigenvalue weighted by Crippen LogP contribution is 2.27. The number of fused-ring (bicyclic) bond motifs is 1. The molecule has 0 spiro atoms. The van der Waals surface area contributed by atoms with Crippen LogP contribution in [-0.4, -0.2) is 65.9 Å². The summed E-state index contributed by atoms with van der Waals surface area (Å²) in [7, 11) is -2.27. The molecule has 0 aliphatic carbocycles. The van der Waals surface area contributed by atoms with Crippen molar-refractivity contribution in [1.82, 2.24) is 18.8 Å². The molecule has 2 unspecified atom stereocenters. The summed E-state index contributed by atoms with van der Waals surface area (Å²) in [5.41, 5.74) is 1.48. The van der Waals surface area contributed by atoms with Crippen LogP contribution < -0.4 is 5.56 Å². The molecule has 0 bridgehead atoms. The van der Waals surface area contributed by atoms with E-state index in [4.69, 9.17) is 9.72 Å². The third-order valence-electron chi connectivity index (χ3n) is 7.03. The quantitative estimate of drug-likeness (QED) is 0.416. The Morgan fingerprint density at radius 3 is 2.51 bits per heavy atom. The first kappa shape index (κ1) is 27.0. The van der Waals surface area contributed by atoms with Crippen LogP contribution >= 0.6 is 0 Å². The number of hydrogen-bond donors (Lipinski definition) is 0. The molecule has 2 atom stereocenters. The summed E-state index contributed by atoms with van der Waals surface area (Å²) in [6.07, 6.45) is 0.654. The van der Waals surface area contributed by atoms with E-state index in [-0.39, 0.29) is 30.0 Å². The molecule has 2 aromatic carbocycles. The van der Waals surface area contributed by atoms with Crippen molar-refractivity contribution < 1.29 is 17.9 Å². The van der Waals surface area contributed by atoms with Crippen LogP contribution in [0.2, 0.25) is 0 Å². The second-order valence-corrected chi connectivity index (χ2v) is 11.5.